The lowest BCUT2D eigenvalue weighted by molar-refractivity contribution is 0.876. The Labute approximate surface area is 98.2 Å². The molecule has 1 aromatic carbocycles. The fourth-order valence-electron chi connectivity index (χ4n) is 1.14. The number of halogens is 2. The van der Waals surface area contributed by atoms with Crippen LogP contribution in [-0.4, -0.2) is 9.78 Å². The van der Waals surface area contributed by atoms with Crippen molar-refractivity contribution < 1.29 is 0 Å². The van der Waals surface area contributed by atoms with E-state index >= 15 is 0 Å². The molecule has 0 unspecified atom stereocenters. The second-order valence-electron chi connectivity index (χ2n) is 2.81. The minimum Gasteiger partial charge on any atom is -0.399 e. The Hall–Kier alpha value is -0.810. The number of anilines is 1. The van der Waals surface area contributed by atoms with Crippen molar-refractivity contribution in [3.63, 3.8) is 0 Å². The van der Waals surface area contributed by atoms with Crippen LogP contribution in [0.3, 0.4) is 0 Å². The molecule has 2 rings (SSSR count). The third-order valence-electron chi connectivity index (χ3n) is 1.77. The Morgan fingerprint density at radius 1 is 1.29 bits per heavy atom. The van der Waals surface area contributed by atoms with Crippen molar-refractivity contribution in [3.8, 4) is 5.69 Å². The van der Waals surface area contributed by atoms with Gasteiger partial charge < -0.3 is 5.73 Å². The monoisotopic (exact) mass is 315 g/mol. The van der Waals surface area contributed by atoms with Gasteiger partial charge in [0.2, 0.25) is 0 Å². The smallest absolute Gasteiger partial charge is 0.0789 e. The largest absolute Gasteiger partial charge is 0.399 e. The van der Waals surface area contributed by atoms with E-state index in [-0.39, 0.29) is 0 Å². The van der Waals surface area contributed by atoms with Crippen LogP contribution in [0.25, 0.3) is 5.69 Å². The maximum atomic E-state index is 5.64. The summed E-state index contributed by atoms with van der Waals surface area (Å²) in [5, 5.41) is 4.18. The van der Waals surface area contributed by atoms with Gasteiger partial charge in [0.1, 0.15) is 0 Å². The predicted molar refractivity (Wildman–Crippen MR) is 63.4 cm³/mol. The molecule has 0 saturated carbocycles. The summed E-state index contributed by atoms with van der Waals surface area (Å²) in [6, 6.07) is 5.61. The van der Waals surface area contributed by atoms with E-state index in [9.17, 15) is 0 Å². The molecule has 0 aliphatic carbocycles. The molecule has 2 aromatic rings. The number of nitrogens with two attached hydrogens (primary N) is 1. The molecule has 0 bridgehead atoms. The molecule has 2 N–H and O–H groups in total. The van der Waals surface area contributed by atoms with Crippen LogP contribution < -0.4 is 5.73 Å². The number of nitrogen functional groups attached to an aromatic ring is 1. The third-order valence-corrected chi connectivity index (χ3v) is 2.81. The number of benzene rings is 1. The van der Waals surface area contributed by atoms with Crippen LogP contribution in [0, 0.1) is 0 Å². The van der Waals surface area contributed by atoms with E-state index in [1.54, 1.807) is 10.9 Å². The van der Waals surface area contributed by atoms with Gasteiger partial charge in [-0.05, 0) is 50.1 Å². The maximum Gasteiger partial charge on any atom is 0.0789 e. The van der Waals surface area contributed by atoms with E-state index in [1.807, 2.05) is 24.4 Å². The van der Waals surface area contributed by atoms with Gasteiger partial charge in [-0.1, -0.05) is 0 Å². The highest BCUT2D eigenvalue weighted by atomic mass is 79.9. The first-order valence-electron chi connectivity index (χ1n) is 3.92. The minimum absolute atomic E-state index is 0.729. The highest BCUT2D eigenvalue weighted by Gasteiger charge is 2.03. The molecule has 5 heteroatoms. The first-order chi connectivity index (χ1) is 6.66. The SMILES string of the molecule is Nc1ccc(-n2cc(Br)cn2)c(Br)c1. The summed E-state index contributed by atoms with van der Waals surface area (Å²) in [7, 11) is 0. The van der Waals surface area contributed by atoms with Gasteiger partial charge >= 0.3 is 0 Å². The molecule has 0 radical (unpaired) electrons. The molecule has 0 atom stereocenters. The zero-order valence-corrected chi connectivity index (χ0v) is 10.3. The van der Waals surface area contributed by atoms with E-state index in [2.05, 4.69) is 37.0 Å². The Kier molecular flexibility index (Phi) is 2.60. The molecule has 0 aliphatic rings. The van der Waals surface area contributed by atoms with Crippen molar-refractivity contribution in [1.82, 2.24) is 9.78 Å². The predicted octanol–water partition coefficient (Wildman–Crippen LogP) is 2.98. The van der Waals surface area contributed by atoms with Gasteiger partial charge in [-0.2, -0.15) is 5.10 Å². The van der Waals surface area contributed by atoms with Gasteiger partial charge in [-0.25, -0.2) is 4.68 Å². The van der Waals surface area contributed by atoms with Crippen LogP contribution in [0.1, 0.15) is 0 Å². The lowest BCUT2D eigenvalue weighted by Crippen LogP contribution is -1.96. The normalized spacial score (nSPS) is 10.4. The molecular formula is C9H7Br2N3. The molecule has 0 aliphatic heterocycles. The van der Waals surface area contributed by atoms with E-state index in [0.717, 1.165) is 20.3 Å². The molecule has 1 aromatic heterocycles. The lowest BCUT2D eigenvalue weighted by Gasteiger charge is -2.04. The fraction of sp³-hybridized carbons (Fsp3) is 0. The summed E-state index contributed by atoms with van der Waals surface area (Å²) in [6.45, 7) is 0. The van der Waals surface area contributed by atoms with Crippen molar-refractivity contribution in [1.29, 1.82) is 0 Å². The Morgan fingerprint density at radius 3 is 2.64 bits per heavy atom. The second-order valence-corrected chi connectivity index (χ2v) is 4.58. The third kappa shape index (κ3) is 1.83. The number of hydrogen-bond donors (Lipinski definition) is 1. The summed E-state index contributed by atoms with van der Waals surface area (Å²) in [4.78, 5) is 0. The zero-order valence-electron chi connectivity index (χ0n) is 7.11. The first kappa shape index (κ1) is 9.73. The molecule has 0 fully saturated rings. The topological polar surface area (TPSA) is 43.8 Å². The lowest BCUT2D eigenvalue weighted by atomic mass is 10.3. The van der Waals surface area contributed by atoms with E-state index < -0.39 is 0 Å². The molecule has 14 heavy (non-hydrogen) atoms. The first-order valence-corrected chi connectivity index (χ1v) is 5.51. The van der Waals surface area contributed by atoms with Crippen LogP contribution in [0.15, 0.2) is 39.5 Å². The second kappa shape index (κ2) is 3.74. The number of nitrogens with zero attached hydrogens (tertiary/aromatic N) is 2. The molecule has 0 amide bonds. The standard InChI is InChI=1S/C9H7Br2N3/c10-6-4-13-14(5-6)9-2-1-7(12)3-8(9)11/h1-5H,12H2. The Bertz CT molecular complexity index is 465. The molecular weight excluding hydrogens is 310 g/mol. The van der Waals surface area contributed by atoms with Gasteiger partial charge in [0.25, 0.3) is 0 Å². The highest BCUT2D eigenvalue weighted by Crippen LogP contribution is 2.23. The van der Waals surface area contributed by atoms with Gasteiger partial charge in [-0.3, -0.25) is 0 Å². The van der Waals surface area contributed by atoms with Crippen molar-refractivity contribution in [2.45, 2.75) is 0 Å². The number of hydrogen-bond acceptors (Lipinski definition) is 2. The maximum absolute atomic E-state index is 5.64. The van der Waals surface area contributed by atoms with Crippen LogP contribution in [-0.2, 0) is 0 Å². The van der Waals surface area contributed by atoms with Crippen molar-refractivity contribution in [2.24, 2.45) is 0 Å². The van der Waals surface area contributed by atoms with Gasteiger partial charge in [0.05, 0.1) is 16.4 Å². The van der Waals surface area contributed by atoms with Crippen LogP contribution in [0.4, 0.5) is 5.69 Å². The molecule has 3 nitrogen and oxygen atoms in total. The van der Waals surface area contributed by atoms with Gasteiger partial charge in [0.15, 0.2) is 0 Å². The Balaban J connectivity index is 2.52. The average Bonchev–Trinajstić information content (AvgIpc) is 2.51. The summed E-state index contributed by atoms with van der Waals surface area (Å²) < 4.78 is 3.64. The Morgan fingerprint density at radius 2 is 2.07 bits per heavy atom. The summed E-state index contributed by atoms with van der Waals surface area (Å²) >= 11 is 6.78. The van der Waals surface area contributed by atoms with Crippen molar-refractivity contribution in [3.05, 3.63) is 39.5 Å². The molecule has 1 heterocycles. The number of rotatable bonds is 1. The zero-order chi connectivity index (χ0) is 10.1. The number of aromatic nitrogens is 2. The summed E-state index contributed by atoms with van der Waals surface area (Å²) in [5.41, 5.74) is 7.33. The van der Waals surface area contributed by atoms with E-state index in [4.69, 9.17) is 5.73 Å². The average molecular weight is 317 g/mol. The van der Waals surface area contributed by atoms with Crippen LogP contribution in [0.5, 0.6) is 0 Å². The van der Waals surface area contributed by atoms with E-state index in [1.165, 1.54) is 0 Å². The van der Waals surface area contributed by atoms with Crippen molar-refractivity contribution in [2.75, 3.05) is 5.73 Å². The van der Waals surface area contributed by atoms with Gasteiger partial charge in [-0.15, -0.1) is 0 Å². The van der Waals surface area contributed by atoms with Gasteiger partial charge in [0, 0.05) is 16.4 Å². The van der Waals surface area contributed by atoms with E-state index in [0.29, 0.717) is 0 Å². The molecule has 0 spiro atoms. The fourth-order valence-corrected chi connectivity index (χ4v) is 2.01. The summed E-state index contributed by atoms with van der Waals surface area (Å²) in [6.07, 6.45) is 3.62. The van der Waals surface area contributed by atoms with Crippen LogP contribution in [0.2, 0.25) is 0 Å². The molecule has 72 valence electrons. The minimum atomic E-state index is 0.729. The van der Waals surface area contributed by atoms with Crippen molar-refractivity contribution >= 4 is 37.5 Å². The van der Waals surface area contributed by atoms with Crippen LogP contribution >= 0.6 is 31.9 Å². The highest BCUT2D eigenvalue weighted by molar-refractivity contribution is 9.10. The molecule has 0 saturated heterocycles. The summed E-state index contributed by atoms with van der Waals surface area (Å²) in [5.74, 6) is 0. The quantitative estimate of drug-likeness (QED) is 0.822.